The lowest BCUT2D eigenvalue weighted by Gasteiger charge is -2.19. The normalized spacial score (nSPS) is 22.2. The van der Waals surface area contributed by atoms with Gasteiger partial charge < -0.3 is 14.6 Å². The van der Waals surface area contributed by atoms with Crippen molar-refractivity contribution in [3.8, 4) is 0 Å². The highest BCUT2D eigenvalue weighted by Crippen LogP contribution is 2.29. The number of aromatic nitrogens is 2. The van der Waals surface area contributed by atoms with E-state index in [4.69, 9.17) is 9.72 Å². The van der Waals surface area contributed by atoms with Crippen LogP contribution in [0.5, 0.6) is 0 Å². The minimum absolute atomic E-state index is 0.336. The summed E-state index contributed by atoms with van der Waals surface area (Å²) in [5.41, 5.74) is 2.26. The van der Waals surface area contributed by atoms with Crippen molar-refractivity contribution >= 4 is 27.0 Å². The fourth-order valence-corrected chi connectivity index (χ4v) is 3.43. The molecule has 0 amide bonds. The third-order valence-electron chi connectivity index (χ3n) is 4.12. The molecule has 2 aromatic rings. The van der Waals surface area contributed by atoms with Gasteiger partial charge in [-0.3, -0.25) is 0 Å². The van der Waals surface area contributed by atoms with Gasteiger partial charge in [0.05, 0.1) is 30.2 Å². The summed E-state index contributed by atoms with van der Waals surface area (Å²) < 4.78 is 9.11. The third kappa shape index (κ3) is 2.87. The second kappa shape index (κ2) is 6.46. The number of nitrogens with zero attached hydrogens (tertiary/aromatic N) is 2. The minimum atomic E-state index is 0.336. The molecule has 1 aliphatic heterocycles. The third-order valence-corrected chi connectivity index (χ3v) is 4.62. The molecular weight excluding hydrogens is 330 g/mol. The molecule has 114 valence electrons. The van der Waals surface area contributed by atoms with Crippen molar-refractivity contribution < 1.29 is 4.74 Å². The maximum Gasteiger partial charge on any atom is 0.116 e. The van der Waals surface area contributed by atoms with Crippen LogP contribution in [0.15, 0.2) is 22.7 Å². The van der Waals surface area contributed by atoms with Crippen LogP contribution < -0.4 is 5.32 Å². The number of aryl methyl sites for hydroxylation is 1. The molecule has 1 fully saturated rings. The van der Waals surface area contributed by atoms with Gasteiger partial charge >= 0.3 is 0 Å². The molecule has 1 aliphatic rings. The van der Waals surface area contributed by atoms with E-state index in [1.807, 2.05) is 0 Å². The van der Waals surface area contributed by atoms with Crippen LogP contribution in [-0.4, -0.2) is 35.4 Å². The Bertz CT molecular complexity index is 625. The molecule has 1 aromatic heterocycles. The van der Waals surface area contributed by atoms with E-state index in [9.17, 15) is 0 Å². The molecule has 0 bridgehead atoms. The molecular formula is C16H22BrN3O. The SMILES string of the molecule is CCCNC1COCC1c1nc2cc(Br)ccc2n1CC. The predicted octanol–water partition coefficient (Wildman–Crippen LogP) is 3.30. The molecule has 2 heterocycles. The molecule has 21 heavy (non-hydrogen) atoms. The summed E-state index contributed by atoms with van der Waals surface area (Å²) in [6.45, 7) is 7.87. The number of ether oxygens (including phenoxy) is 1. The summed E-state index contributed by atoms with van der Waals surface area (Å²) in [6, 6.07) is 6.69. The maximum atomic E-state index is 5.72. The van der Waals surface area contributed by atoms with Gasteiger partial charge in [0.15, 0.2) is 0 Å². The van der Waals surface area contributed by atoms with Gasteiger partial charge in [-0.1, -0.05) is 22.9 Å². The van der Waals surface area contributed by atoms with Crippen molar-refractivity contribution in [1.82, 2.24) is 14.9 Å². The summed E-state index contributed by atoms with van der Waals surface area (Å²) in [7, 11) is 0. The lowest BCUT2D eigenvalue weighted by atomic mass is 10.0. The van der Waals surface area contributed by atoms with Crippen LogP contribution in [-0.2, 0) is 11.3 Å². The molecule has 3 rings (SSSR count). The first-order valence-electron chi connectivity index (χ1n) is 7.71. The van der Waals surface area contributed by atoms with Crippen molar-refractivity contribution in [3.63, 3.8) is 0 Å². The van der Waals surface area contributed by atoms with E-state index in [-0.39, 0.29) is 0 Å². The van der Waals surface area contributed by atoms with Crippen LogP contribution in [0.3, 0.4) is 0 Å². The van der Waals surface area contributed by atoms with Gasteiger partial charge in [0.1, 0.15) is 5.82 Å². The lowest BCUT2D eigenvalue weighted by molar-refractivity contribution is 0.187. The molecule has 1 saturated heterocycles. The molecule has 1 aromatic carbocycles. The highest BCUT2D eigenvalue weighted by atomic mass is 79.9. The number of rotatable bonds is 5. The topological polar surface area (TPSA) is 39.1 Å². The highest BCUT2D eigenvalue weighted by molar-refractivity contribution is 9.10. The van der Waals surface area contributed by atoms with Gasteiger partial charge in [0.25, 0.3) is 0 Å². The highest BCUT2D eigenvalue weighted by Gasteiger charge is 2.32. The Kier molecular flexibility index (Phi) is 4.62. The Labute approximate surface area is 134 Å². The Balaban J connectivity index is 1.98. The van der Waals surface area contributed by atoms with Gasteiger partial charge in [-0.25, -0.2) is 4.98 Å². The number of hydrogen-bond donors (Lipinski definition) is 1. The fraction of sp³-hybridized carbons (Fsp3) is 0.562. The second-order valence-electron chi connectivity index (χ2n) is 5.55. The number of nitrogens with one attached hydrogen (secondary N) is 1. The molecule has 1 N–H and O–H groups in total. The molecule has 0 radical (unpaired) electrons. The second-order valence-corrected chi connectivity index (χ2v) is 6.47. The molecule has 2 unspecified atom stereocenters. The van der Waals surface area contributed by atoms with Gasteiger partial charge in [0, 0.05) is 17.1 Å². The maximum absolute atomic E-state index is 5.72. The van der Waals surface area contributed by atoms with Crippen molar-refractivity contribution in [2.24, 2.45) is 0 Å². The van der Waals surface area contributed by atoms with Crippen molar-refractivity contribution in [2.75, 3.05) is 19.8 Å². The average Bonchev–Trinajstić information content (AvgIpc) is 3.07. The first-order valence-corrected chi connectivity index (χ1v) is 8.50. The lowest BCUT2D eigenvalue weighted by Crippen LogP contribution is -2.35. The average molecular weight is 352 g/mol. The summed E-state index contributed by atoms with van der Waals surface area (Å²) >= 11 is 3.53. The predicted molar refractivity (Wildman–Crippen MR) is 88.7 cm³/mol. The zero-order valence-corrected chi connectivity index (χ0v) is 14.2. The summed E-state index contributed by atoms with van der Waals surface area (Å²) in [5.74, 6) is 1.49. The van der Waals surface area contributed by atoms with Crippen LogP contribution in [0.1, 0.15) is 32.0 Å². The van der Waals surface area contributed by atoms with Crippen LogP contribution in [0.25, 0.3) is 11.0 Å². The zero-order chi connectivity index (χ0) is 14.8. The summed E-state index contributed by atoms with van der Waals surface area (Å²) in [6.07, 6.45) is 1.14. The number of halogens is 1. The number of benzene rings is 1. The van der Waals surface area contributed by atoms with Gasteiger partial charge in [-0.2, -0.15) is 0 Å². The molecule has 4 nitrogen and oxygen atoms in total. The van der Waals surface area contributed by atoms with E-state index in [1.54, 1.807) is 0 Å². The quantitative estimate of drug-likeness (QED) is 0.898. The van der Waals surface area contributed by atoms with Crippen molar-refractivity contribution in [2.45, 2.75) is 38.8 Å². The standard InChI is InChI=1S/C16H22BrN3O/c1-3-7-18-14-10-21-9-12(14)16-19-13-8-11(17)5-6-15(13)20(16)4-2/h5-6,8,12,14,18H,3-4,7,9-10H2,1-2H3. The van der Waals surface area contributed by atoms with Gasteiger partial charge in [0.2, 0.25) is 0 Å². The molecule has 2 atom stereocenters. The van der Waals surface area contributed by atoms with Crippen LogP contribution >= 0.6 is 15.9 Å². The number of imidazole rings is 1. The van der Waals surface area contributed by atoms with Gasteiger partial charge in [-0.05, 0) is 38.1 Å². The summed E-state index contributed by atoms with van der Waals surface area (Å²) in [4.78, 5) is 4.90. The minimum Gasteiger partial charge on any atom is -0.379 e. The van der Waals surface area contributed by atoms with Crippen LogP contribution in [0.4, 0.5) is 0 Å². The largest absolute Gasteiger partial charge is 0.379 e. The molecule has 0 aliphatic carbocycles. The number of hydrogen-bond acceptors (Lipinski definition) is 3. The van der Waals surface area contributed by atoms with E-state index in [2.05, 4.69) is 57.9 Å². The Morgan fingerprint density at radius 1 is 1.38 bits per heavy atom. The van der Waals surface area contributed by atoms with E-state index in [0.29, 0.717) is 12.0 Å². The van der Waals surface area contributed by atoms with E-state index in [0.717, 1.165) is 48.5 Å². The van der Waals surface area contributed by atoms with E-state index in [1.165, 1.54) is 5.52 Å². The monoisotopic (exact) mass is 351 g/mol. The number of fused-ring (bicyclic) bond motifs is 1. The van der Waals surface area contributed by atoms with Crippen molar-refractivity contribution in [1.29, 1.82) is 0 Å². The zero-order valence-electron chi connectivity index (χ0n) is 12.6. The molecule has 5 heteroatoms. The van der Waals surface area contributed by atoms with Gasteiger partial charge in [-0.15, -0.1) is 0 Å². The first kappa shape index (κ1) is 15.0. The Morgan fingerprint density at radius 2 is 2.24 bits per heavy atom. The Morgan fingerprint density at radius 3 is 3.00 bits per heavy atom. The fourth-order valence-electron chi connectivity index (χ4n) is 3.08. The smallest absolute Gasteiger partial charge is 0.116 e. The Hall–Kier alpha value is -0.910. The van der Waals surface area contributed by atoms with E-state index < -0.39 is 0 Å². The molecule has 0 spiro atoms. The first-order chi connectivity index (χ1) is 10.2. The van der Waals surface area contributed by atoms with Crippen molar-refractivity contribution in [3.05, 3.63) is 28.5 Å². The molecule has 0 saturated carbocycles. The summed E-state index contributed by atoms with van der Waals surface area (Å²) in [5, 5.41) is 3.60. The van der Waals surface area contributed by atoms with Crippen LogP contribution in [0.2, 0.25) is 0 Å². The van der Waals surface area contributed by atoms with Crippen LogP contribution in [0, 0.1) is 0 Å². The van der Waals surface area contributed by atoms with E-state index >= 15 is 0 Å².